The van der Waals surface area contributed by atoms with Crippen LogP contribution in [0.4, 0.5) is 4.39 Å². The van der Waals surface area contributed by atoms with Crippen molar-refractivity contribution in [3.8, 4) is 5.75 Å². The lowest BCUT2D eigenvalue weighted by Gasteiger charge is -2.27. The van der Waals surface area contributed by atoms with E-state index in [1.165, 1.54) is 6.07 Å². The predicted molar refractivity (Wildman–Crippen MR) is 70.7 cm³/mol. The van der Waals surface area contributed by atoms with Crippen LogP contribution in [-0.2, 0) is 6.42 Å². The zero-order chi connectivity index (χ0) is 13.0. The molecule has 1 fully saturated rings. The van der Waals surface area contributed by atoms with Gasteiger partial charge in [0.25, 0.3) is 0 Å². The number of aryl methyl sites for hydroxylation is 1. The van der Waals surface area contributed by atoms with Gasteiger partial charge in [0.2, 0.25) is 0 Å². The molecule has 2 rings (SSSR count). The zero-order valence-electron chi connectivity index (χ0n) is 11.1. The SMILES string of the molecule is COc1cc(F)c(C)cc1CCN1CCNCC1. The van der Waals surface area contributed by atoms with E-state index < -0.39 is 0 Å². The van der Waals surface area contributed by atoms with E-state index in [2.05, 4.69) is 10.2 Å². The molecular formula is C14H21FN2O. The molecule has 0 spiro atoms. The summed E-state index contributed by atoms with van der Waals surface area (Å²) < 4.78 is 18.7. The number of nitrogens with one attached hydrogen (secondary N) is 1. The minimum absolute atomic E-state index is 0.197. The summed E-state index contributed by atoms with van der Waals surface area (Å²) in [5.74, 6) is 0.464. The van der Waals surface area contributed by atoms with Crippen LogP contribution in [0.2, 0.25) is 0 Å². The third-order valence-corrected chi connectivity index (χ3v) is 3.47. The Labute approximate surface area is 108 Å². The molecule has 0 saturated carbocycles. The van der Waals surface area contributed by atoms with Gasteiger partial charge < -0.3 is 15.0 Å². The first-order chi connectivity index (χ1) is 8.70. The fraction of sp³-hybridized carbons (Fsp3) is 0.571. The second-order valence-electron chi connectivity index (χ2n) is 4.75. The lowest BCUT2D eigenvalue weighted by molar-refractivity contribution is 0.243. The lowest BCUT2D eigenvalue weighted by atomic mass is 10.1. The van der Waals surface area contributed by atoms with Gasteiger partial charge in [0, 0.05) is 38.8 Å². The second kappa shape index (κ2) is 6.16. The summed E-state index contributed by atoms with van der Waals surface area (Å²) in [5, 5.41) is 3.34. The van der Waals surface area contributed by atoms with Crippen molar-refractivity contribution >= 4 is 0 Å². The topological polar surface area (TPSA) is 24.5 Å². The van der Waals surface area contributed by atoms with E-state index in [-0.39, 0.29) is 5.82 Å². The summed E-state index contributed by atoms with van der Waals surface area (Å²) in [6.45, 7) is 7.08. The molecular weight excluding hydrogens is 231 g/mol. The summed E-state index contributed by atoms with van der Waals surface area (Å²) in [6.07, 6.45) is 0.907. The van der Waals surface area contributed by atoms with Crippen LogP contribution in [0.25, 0.3) is 0 Å². The summed E-state index contributed by atoms with van der Waals surface area (Å²) in [7, 11) is 1.60. The maximum absolute atomic E-state index is 13.4. The molecule has 1 aliphatic heterocycles. The number of hydrogen-bond donors (Lipinski definition) is 1. The Morgan fingerprint density at radius 2 is 2.06 bits per heavy atom. The van der Waals surface area contributed by atoms with E-state index in [1.54, 1.807) is 14.0 Å². The minimum atomic E-state index is -0.197. The smallest absolute Gasteiger partial charge is 0.129 e. The molecule has 0 atom stereocenters. The van der Waals surface area contributed by atoms with Gasteiger partial charge >= 0.3 is 0 Å². The molecule has 1 aromatic rings. The van der Waals surface area contributed by atoms with Gasteiger partial charge in [0.1, 0.15) is 11.6 Å². The van der Waals surface area contributed by atoms with E-state index in [0.717, 1.165) is 44.7 Å². The maximum Gasteiger partial charge on any atom is 0.129 e. The molecule has 100 valence electrons. The summed E-state index contributed by atoms with van der Waals surface area (Å²) in [6, 6.07) is 3.39. The largest absolute Gasteiger partial charge is 0.496 e. The van der Waals surface area contributed by atoms with Gasteiger partial charge in [-0.15, -0.1) is 0 Å². The Morgan fingerprint density at radius 1 is 1.33 bits per heavy atom. The number of methoxy groups -OCH3 is 1. The lowest BCUT2D eigenvalue weighted by Crippen LogP contribution is -2.44. The zero-order valence-corrected chi connectivity index (χ0v) is 11.1. The molecule has 1 aromatic carbocycles. The average molecular weight is 252 g/mol. The number of nitrogens with zero attached hydrogens (tertiary/aromatic N) is 1. The van der Waals surface area contributed by atoms with Crippen LogP contribution in [-0.4, -0.2) is 44.7 Å². The quantitative estimate of drug-likeness (QED) is 0.880. The molecule has 0 unspecified atom stereocenters. The van der Waals surface area contributed by atoms with Crippen LogP contribution in [0.5, 0.6) is 5.75 Å². The highest BCUT2D eigenvalue weighted by molar-refractivity contribution is 5.38. The minimum Gasteiger partial charge on any atom is -0.496 e. The highest BCUT2D eigenvalue weighted by atomic mass is 19.1. The molecule has 3 nitrogen and oxygen atoms in total. The molecule has 1 heterocycles. The first-order valence-corrected chi connectivity index (χ1v) is 6.47. The molecule has 1 saturated heterocycles. The average Bonchev–Trinajstić information content (AvgIpc) is 2.41. The highest BCUT2D eigenvalue weighted by Crippen LogP contribution is 2.23. The Balaban J connectivity index is 2.01. The number of piperazine rings is 1. The van der Waals surface area contributed by atoms with Gasteiger partial charge in [-0.2, -0.15) is 0 Å². The third-order valence-electron chi connectivity index (χ3n) is 3.47. The van der Waals surface area contributed by atoms with E-state index in [1.807, 2.05) is 6.07 Å². The normalized spacial score (nSPS) is 16.8. The van der Waals surface area contributed by atoms with Crippen LogP contribution < -0.4 is 10.1 Å². The maximum atomic E-state index is 13.4. The van der Waals surface area contributed by atoms with Gasteiger partial charge in [-0.25, -0.2) is 4.39 Å². The van der Waals surface area contributed by atoms with Gasteiger partial charge in [-0.3, -0.25) is 0 Å². The highest BCUT2D eigenvalue weighted by Gasteiger charge is 2.12. The van der Waals surface area contributed by atoms with Crippen molar-refractivity contribution in [1.82, 2.24) is 10.2 Å². The Kier molecular flexibility index (Phi) is 4.55. The monoisotopic (exact) mass is 252 g/mol. The van der Waals surface area contributed by atoms with Crippen molar-refractivity contribution in [3.63, 3.8) is 0 Å². The van der Waals surface area contributed by atoms with Crippen LogP contribution in [0, 0.1) is 12.7 Å². The summed E-state index contributed by atoms with van der Waals surface area (Å²) in [5.41, 5.74) is 1.78. The molecule has 0 aliphatic carbocycles. The molecule has 0 bridgehead atoms. The van der Waals surface area contributed by atoms with E-state index in [4.69, 9.17) is 4.74 Å². The number of hydrogen-bond acceptors (Lipinski definition) is 3. The molecule has 1 aliphatic rings. The Hall–Kier alpha value is -1.13. The Morgan fingerprint density at radius 3 is 2.72 bits per heavy atom. The standard InChI is InChI=1S/C14H21FN2O/c1-11-9-12(14(18-2)10-13(11)15)3-6-17-7-4-16-5-8-17/h9-10,16H,3-8H2,1-2H3. The van der Waals surface area contributed by atoms with Crippen LogP contribution in [0.15, 0.2) is 12.1 Å². The van der Waals surface area contributed by atoms with Crippen LogP contribution in [0.1, 0.15) is 11.1 Å². The molecule has 0 aromatic heterocycles. The second-order valence-corrected chi connectivity index (χ2v) is 4.75. The molecule has 1 N–H and O–H groups in total. The number of benzene rings is 1. The van der Waals surface area contributed by atoms with Gasteiger partial charge in [0.05, 0.1) is 7.11 Å². The van der Waals surface area contributed by atoms with Gasteiger partial charge in [-0.1, -0.05) is 0 Å². The summed E-state index contributed by atoms with van der Waals surface area (Å²) in [4.78, 5) is 2.43. The predicted octanol–water partition coefficient (Wildman–Crippen LogP) is 1.59. The van der Waals surface area contributed by atoms with Crippen LogP contribution >= 0.6 is 0 Å². The van der Waals surface area contributed by atoms with Crippen molar-refractivity contribution in [2.45, 2.75) is 13.3 Å². The fourth-order valence-electron chi connectivity index (χ4n) is 2.32. The van der Waals surface area contributed by atoms with Crippen molar-refractivity contribution < 1.29 is 9.13 Å². The molecule has 18 heavy (non-hydrogen) atoms. The third kappa shape index (κ3) is 3.21. The van der Waals surface area contributed by atoms with Crippen molar-refractivity contribution in [3.05, 3.63) is 29.1 Å². The van der Waals surface area contributed by atoms with Crippen molar-refractivity contribution in [1.29, 1.82) is 0 Å². The van der Waals surface area contributed by atoms with Gasteiger partial charge in [-0.05, 0) is 30.5 Å². The van der Waals surface area contributed by atoms with Gasteiger partial charge in [0.15, 0.2) is 0 Å². The van der Waals surface area contributed by atoms with Crippen LogP contribution in [0.3, 0.4) is 0 Å². The first-order valence-electron chi connectivity index (χ1n) is 6.47. The van der Waals surface area contributed by atoms with Crippen molar-refractivity contribution in [2.75, 3.05) is 39.8 Å². The molecule has 0 radical (unpaired) electrons. The van der Waals surface area contributed by atoms with E-state index >= 15 is 0 Å². The number of rotatable bonds is 4. The number of halogens is 1. The van der Waals surface area contributed by atoms with E-state index in [9.17, 15) is 4.39 Å². The number of ether oxygens (including phenoxy) is 1. The fourth-order valence-corrected chi connectivity index (χ4v) is 2.32. The Bertz CT molecular complexity index is 403. The molecule has 4 heteroatoms. The van der Waals surface area contributed by atoms with Crippen molar-refractivity contribution in [2.24, 2.45) is 0 Å². The summed E-state index contributed by atoms with van der Waals surface area (Å²) >= 11 is 0. The molecule has 0 amide bonds. The first kappa shape index (κ1) is 13.3. The van der Waals surface area contributed by atoms with E-state index in [0.29, 0.717) is 11.3 Å².